The van der Waals surface area contributed by atoms with Crippen molar-refractivity contribution in [3.05, 3.63) is 58.7 Å². The van der Waals surface area contributed by atoms with E-state index in [0.717, 1.165) is 28.1 Å². The Morgan fingerprint density at radius 3 is 2.26 bits per heavy atom. The molecule has 0 heterocycles. The van der Waals surface area contributed by atoms with Gasteiger partial charge in [-0.2, -0.15) is 0 Å². The molecule has 23 heavy (non-hydrogen) atoms. The van der Waals surface area contributed by atoms with Crippen molar-refractivity contribution in [2.45, 2.75) is 47.1 Å². The number of para-hydroxylation sites is 1. The first-order valence-corrected chi connectivity index (χ1v) is 8.03. The summed E-state index contributed by atoms with van der Waals surface area (Å²) in [7, 11) is 0. The summed E-state index contributed by atoms with van der Waals surface area (Å²) >= 11 is 0. The SMILES string of the molecule is CC[C@H](Oc1ccc(C)cc1C)C(=O)Nc1c(C)cccc1C. The number of ether oxygens (including phenoxy) is 1. The molecule has 0 unspecified atom stereocenters. The van der Waals surface area contributed by atoms with E-state index in [1.165, 1.54) is 5.56 Å². The second-order valence-electron chi connectivity index (χ2n) is 6.04. The van der Waals surface area contributed by atoms with Gasteiger partial charge in [-0.05, 0) is 56.9 Å². The van der Waals surface area contributed by atoms with Crippen LogP contribution in [0.2, 0.25) is 0 Å². The zero-order valence-electron chi connectivity index (χ0n) is 14.6. The van der Waals surface area contributed by atoms with Crippen molar-refractivity contribution in [2.24, 2.45) is 0 Å². The van der Waals surface area contributed by atoms with Crippen LogP contribution in [-0.4, -0.2) is 12.0 Å². The Balaban J connectivity index is 2.15. The third kappa shape index (κ3) is 4.13. The third-order valence-electron chi connectivity index (χ3n) is 3.99. The Bertz CT molecular complexity index is 687. The first kappa shape index (κ1) is 17.1. The van der Waals surface area contributed by atoms with Gasteiger partial charge in [-0.25, -0.2) is 0 Å². The molecule has 0 aromatic heterocycles. The normalized spacial score (nSPS) is 11.9. The maximum Gasteiger partial charge on any atom is 0.265 e. The number of nitrogens with one attached hydrogen (secondary N) is 1. The Morgan fingerprint density at radius 1 is 1.04 bits per heavy atom. The van der Waals surface area contributed by atoms with Gasteiger partial charge in [0.15, 0.2) is 6.10 Å². The highest BCUT2D eigenvalue weighted by molar-refractivity contribution is 5.95. The van der Waals surface area contributed by atoms with Gasteiger partial charge in [0.2, 0.25) is 0 Å². The lowest BCUT2D eigenvalue weighted by atomic mass is 10.1. The van der Waals surface area contributed by atoms with Gasteiger partial charge in [0.05, 0.1) is 0 Å². The fourth-order valence-corrected chi connectivity index (χ4v) is 2.62. The second-order valence-corrected chi connectivity index (χ2v) is 6.04. The van der Waals surface area contributed by atoms with E-state index in [2.05, 4.69) is 11.4 Å². The summed E-state index contributed by atoms with van der Waals surface area (Å²) in [4.78, 5) is 12.6. The molecule has 1 N–H and O–H groups in total. The van der Waals surface area contributed by atoms with Crippen molar-refractivity contribution < 1.29 is 9.53 Å². The number of hydrogen-bond acceptors (Lipinski definition) is 2. The number of anilines is 1. The van der Waals surface area contributed by atoms with Crippen LogP contribution in [0, 0.1) is 27.7 Å². The van der Waals surface area contributed by atoms with Crippen LogP contribution in [0.1, 0.15) is 35.6 Å². The largest absolute Gasteiger partial charge is 0.480 e. The molecule has 2 rings (SSSR count). The molecule has 122 valence electrons. The smallest absolute Gasteiger partial charge is 0.265 e. The number of hydrogen-bond donors (Lipinski definition) is 1. The predicted molar refractivity (Wildman–Crippen MR) is 95.2 cm³/mol. The summed E-state index contributed by atoms with van der Waals surface area (Å²) in [6.07, 6.45) is 0.111. The molecule has 0 saturated carbocycles. The number of carbonyl (C=O) groups excluding carboxylic acids is 1. The predicted octanol–water partition coefficient (Wildman–Crippen LogP) is 4.72. The minimum absolute atomic E-state index is 0.107. The van der Waals surface area contributed by atoms with Crippen LogP contribution in [0.3, 0.4) is 0 Å². The van der Waals surface area contributed by atoms with Crippen LogP contribution in [0.15, 0.2) is 36.4 Å². The zero-order chi connectivity index (χ0) is 17.0. The van der Waals surface area contributed by atoms with E-state index in [0.29, 0.717) is 6.42 Å². The van der Waals surface area contributed by atoms with Gasteiger partial charge < -0.3 is 10.1 Å². The van der Waals surface area contributed by atoms with Crippen LogP contribution in [0.25, 0.3) is 0 Å². The Hall–Kier alpha value is -2.29. The Morgan fingerprint density at radius 2 is 1.70 bits per heavy atom. The maximum absolute atomic E-state index is 12.6. The standard InChI is InChI=1S/C20H25NO2/c1-6-17(23-18-11-10-13(2)12-16(18)5)20(22)21-19-14(3)8-7-9-15(19)4/h7-12,17H,6H2,1-5H3,(H,21,22)/t17-/m0/s1. The van der Waals surface area contributed by atoms with Crippen molar-refractivity contribution in [1.82, 2.24) is 0 Å². The lowest BCUT2D eigenvalue weighted by Gasteiger charge is -2.20. The molecule has 2 aromatic carbocycles. The van der Waals surface area contributed by atoms with E-state index >= 15 is 0 Å². The van der Waals surface area contributed by atoms with Crippen LogP contribution in [-0.2, 0) is 4.79 Å². The molecule has 3 heteroatoms. The van der Waals surface area contributed by atoms with E-state index in [1.807, 2.05) is 65.0 Å². The second kappa shape index (κ2) is 7.32. The van der Waals surface area contributed by atoms with E-state index < -0.39 is 6.10 Å². The van der Waals surface area contributed by atoms with Gasteiger partial charge in [-0.15, -0.1) is 0 Å². The van der Waals surface area contributed by atoms with Gasteiger partial charge in [0.1, 0.15) is 5.75 Å². The molecule has 0 aliphatic heterocycles. The summed E-state index contributed by atoms with van der Waals surface area (Å²) in [6, 6.07) is 12.0. The quantitative estimate of drug-likeness (QED) is 0.868. The fraction of sp³-hybridized carbons (Fsp3) is 0.350. The van der Waals surface area contributed by atoms with Gasteiger partial charge in [0, 0.05) is 5.69 Å². The maximum atomic E-state index is 12.6. The molecule has 2 aromatic rings. The zero-order valence-corrected chi connectivity index (χ0v) is 14.6. The average molecular weight is 311 g/mol. The lowest BCUT2D eigenvalue weighted by molar-refractivity contribution is -0.122. The molecule has 0 aliphatic rings. The molecule has 0 radical (unpaired) electrons. The van der Waals surface area contributed by atoms with Crippen LogP contribution in [0.4, 0.5) is 5.69 Å². The lowest BCUT2D eigenvalue weighted by Crippen LogP contribution is -2.33. The molecule has 0 aliphatic carbocycles. The number of amides is 1. The first-order valence-electron chi connectivity index (χ1n) is 8.03. The number of aryl methyl sites for hydroxylation is 4. The minimum atomic E-state index is -0.504. The molecule has 0 fully saturated rings. The number of benzene rings is 2. The van der Waals surface area contributed by atoms with Crippen molar-refractivity contribution in [1.29, 1.82) is 0 Å². The summed E-state index contributed by atoms with van der Waals surface area (Å²) in [6.45, 7) is 9.99. The number of rotatable bonds is 5. The first-order chi connectivity index (χ1) is 10.9. The fourth-order valence-electron chi connectivity index (χ4n) is 2.62. The van der Waals surface area contributed by atoms with Gasteiger partial charge in [-0.1, -0.05) is 42.8 Å². The minimum Gasteiger partial charge on any atom is -0.480 e. The summed E-state index contributed by atoms with van der Waals surface area (Å²) in [5, 5.41) is 3.02. The van der Waals surface area contributed by atoms with Crippen LogP contribution < -0.4 is 10.1 Å². The molecule has 0 saturated heterocycles. The van der Waals surface area contributed by atoms with Crippen molar-refractivity contribution in [2.75, 3.05) is 5.32 Å². The molecule has 1 atom stereocenters. The summed E-state index contributed by atoms with van der Waals surface area (Å²) in [5.41, 5.74) is 5.21. The van der Waals surface area contributed by atoms with E-state index in [9.17, 15) is 4.79 Å². The van der Waals surface area contributed by atoms with E-state index in [1.54, 1.807) is 0 Å². The number of carbonyl (C=O) groups is 1. The van der Waals surface area contributed by atoms with E-state index in [4.69, 9.17) is 4.74 Å². The topological polar surface area (TPSA) is 38.3 Å². The molecule has 0 spiro atoms. The highest BCUT2D eigenvalue weighted by atomic mass is 16.5. The van der Waals surface area contributed by atoms with E-state index in [-0.39, 0.29) is 5.91 Å². The molecule has 1 amide bonds. The van der Waals surface area contributed by atoms with Gasteiger partial charge >= 0.3 is 0 Å². The monoisotopic (exact) mass is 311 g/mol. The van der Waals surface area contributed by atoms with Crippen molar-refractivity contribution >= 4 is 11.6 Å². The highest BCUT2D eigenvalue weighted by Gasteiger charge is 2.20. The Labute approximate surface area is 138 Å². The summed E-state index contributed by atoms with van der Waals surface area (Å²) in [5.74, 6) is 0.656. The van der Waals surface area contributed by atoms with Gasteiger partial charge in [-0.3, -0.25) is 4.79 Å². The van der Waals surface area contributed by atoms with Crippen LogP contribution >= 0.6 is 0 Å². The molecule has 3 nitrogen and oxygen atoms in total. The molecular formula is C20H25NO2. The van der Waals surface area contributed by atoms with Crippen molar-refractivity contribution in [3.63, 3.8) is 0 Å². The molecular weight excluding hydrogens is 286 g/mol. The third-order valence-corrected chi connectivity index (χ3v) is 3.99. The van der Waals surface area contributed by atoms with Crippen molar-refractivity contribution in [3.8, 4) is 5.75 Å². The average Bonchev–Trinajstić information content (AvgIpc) is 2.50. The summed E-state index contributed by atoms with van der Waals surface area (Å²) < 4.78 is 5.95. The highest BCUT2D eigenvalue weighted by Crippen LogP contribution is 2.23. The van der Waals surface area contributed by atoms with Crippen LogP contribution in [0.5, 0.6) is 5.75 Å². The Kier molecular flexibility index (Phi) is 5.43. The van der Waals surface area contributed by atoms with Gasteiger partial charge in [0.25, 0.3) is 5.91 Å². The molecule has 0 bridgehead atoms.